The number of hydrogen-bond acceptors (Lipinski definition) is 5. The van der Waals surface area contributed by atoms with Gasteiger partial charge in [-0.05, 0) is 38.5 Å². The monoisotopic (exact) mass is 575 g/mol. The smallest absolute Gasteiger partial charge is 0.242 e. The van der Waals surface area contributed by atoms with E-state index in [0.29, 0.717) is 30.4 Å². The number of quaternary nitrogens is 1. The molecule has 0 spiro atoms. The fourth-order valence-corrected chi connectivity index (χ4v) is 5.07. The summed E-state index contributed by atoms with van der Waals surface area (Å²) in [6, 6.07) is -0.500. The zero-order chi connectivity index (χ0) is 29.7. The standard InChI is InChI=1S/C30H61N3O5S/c1-7-9-10-11-12-13-14-15-16-19-23-31-30(35)29(26(3)8-2)32-28(34)21-18-17-20-24-33(5,6)25-22-27(4)39(36,37)38/h26-27,29H,7-25H2,1-6H3,(H2-,31,32,34,35,36,37,38)/t26-,27?,29-/m0/s1. The van der Waals surface area contributed by atoms with E-state index in [9.17, 15) is 22.6 Å². The largest absolute Gasteiger partial charge is 0.748 e. The molecule has 39 heavy (non-hydrogen) atoms. The van der Waals surface area contributed by atoms with E-state index in [2.05, 4.69) is 17.6 Å². The van der Waals surface area contributed by atoms with Crippen LogP contribution in [0.4, 0.5) is 0 Å². The van der Waals surface area contributed by atoms with Gasteiger partial charge in [0.05, 0.1) is 42.6 Å². The molecule has 0 aromatic carbocycles. The van der Waals surface area contributed by atoms with E-state index < -0.39 is 21.4 Å². The lowest BCUT2D eigenvalue weighted by molar-refractivity contribution is -0.890. The van der Waals surface area contributed by atoms with Gasteiger partial charge in [0.15, 0.2) is 0 Å². The highest BCUT2D eigenvalue weighted by atomic mass is 32.2. The zero-order valence-electron chi connectivity index (χ0n) is 26.1. The molecule has 0 fully saturated rings. The Morgan fingerprint density at radius 3 is 1.87 bits per heavy atom. The molecule has 0 aromatic rings. The summed E-state index contributed by atoms with van der Waals surface area (Å²) < 4.78 is 34.0. The van der Waals surface area contributed by atoms with Crippen LogP contribution in [0, 0.1) is 5.92 Å². The Hall–Kier alpha value is -1.19. The molecule has 0 rings (SSSR count). The topological polar surface area (TPSA) is 115 Å². The fourth-order valence-electron chi connectivity index (χ4n) is 4.67. The van der Waals surface area contributed by atoms with E-state index >= 15 is 0 Å². The quantitative estimate of drug-likeness (QED) is 0.0845. The maximum absolute atomic E-state index is 12.8. The van der Waals surface area contributed by atoms with Crippen molar-refractivity contribution in [2.24, 2.45) is 5.92 Å². The number of hydrogen-bond donors (Lipinski definition) is 2. The molecule has 1 unspecified atom stereocenters. The molecule has 2 amide bonds. The lowest BCUT2D eigenvalue weighted by Crippen LogP contribution is -2.50. The van der Waals surface area contributed by atoms with Gasteiger partial charge >= 0.3 is 0 Å². The molecular weight excluding hydrogens is 514 g/mol. The first-order valence-electron chi connectivity index (χ1n) is 15.7. The van der Waals surface area contributed by atoms with Crippen LogP contribution in [0.5, 0.6) is 0 Å². The van der Waals surface area contributed by atoms with Crippen molar-refractivity contribution in [3.8, 4) is 0 Å². The number of amides is 2. The number of rotatable bonds is 25. The van der Waals surface area contributed by atoms with Gasteiger partial charge in [0, 0.05) is 19.4 Å². The first-order chi connectivity index (χ1) is 18.3. The lowest BCUT2D eigenvalue weighted by atomic mass is 9.98. The molecule has 0 saturated carbocycles. The van der Waals surface area contributed by atoms with Crippen molar-refractivity contribution in [2.75, 3.05) is 33.7 Å². The summed E-state index contributed by atoms with van der Waals surface area (Å²) in [7, 11) is -0.177. The molecular formula is C30H61N3O5S. The summed E-state index contributed by atoms with van der Waals surface area (Å²) in [5.41, 5.74) is 0. The normalized spacial score (nSPS) is 14.5. The van der Waals surface area contributed by atoms with Crippen LogP contribution < -0.4 is 10.6 Å². The third-order valence-electron chi connectivity index (χ3n) is 7.94. The number of nitrogens with zero attached hydrogens (tertiary/aromatic N) is 1. The van der Waals surface area contributed by atoms with Gasteiger partial charge in [0.2, 0.25) is 11.8 Å². The predicted octanol–water partition coefficient (Wildman–Crippen LogP) is 5.52. The van der Waals surface area contributed by atoms with Gasteiger partial charge in [-0.1, -0.05) is 85.0 Å². The third-order valence-corrected chi connectivity index (χ3v) is 9.16. The highest BCUT2D eigenvalue weighted by Gasteiger charge is 2.25. The first-order valence-corrected chi connectivity index (χ1v) is 17.1. The summed E-state index contributed by atoms with van der Waals surface area (Å²) in [6.07, 6.45) is 16.7. The van der Waals surface area contributed by atoms with Crippen LogP contribution in [-0.2, 0) is 19.7 Å². The summed E-state index contributed by atoms with van der Waals surface area (Å²) in [5.74, 6) is -0.0975. The molecule has 3 atom stereocenters. The molecule has 0 bridgehead atoms. The average Bonchev–Trinajstić information content (AvgIpc) is 2.87. The third kappa shape index (κ3) is 20.4. The molecule has 0 radical (unpaired) electrons. The van der Waals surface area contributed by atoms with Crippen LogP contribution in [0.3, 0.4) is 0 Å². The molecule has 0 aliphatic rings. The Morgan fingerprint density at radius 2 is 1.33 bits per heavy atom. The van der Waals surface area contributed by atoms with Crippen molar-refractivity contribution in [2.45, 2.75) is 142 Å². The van der Waals surface area contributed by atoms with Crippen molar-refractivity contribution in [3.63, 3.8) is 0 Å². The van der Waals surface area contributed by atoms with Crippen LogP contribution in [0.15, 0.2) is 0 Å². The Labute approximate surface area is 240 Å². The maximum atomic E-state index is 12.8. The minimum absolute atomic E-state index is 0.0695. The first kappa shape index (κ1) is 37.8. The summed E-state index contributed by atoms with van der Waals surface area (Å²) >= 11 is 0. The van der Waals surface area contributed by atoms with Crippen LogP contribution in [0.2, 0.25) is 0 Å². The second-order valence-corrected chi connectivity index (χ2v) is 14.0. The Balaban J connectivity index is 4.19. The molecule has 8 nitrogen and oxygen atoms in total. The van der Waals surface area contributed by atoms with Gasteiger partial charge in [-0.2, -0.15) is 0 Å². The SMILES string of the molecule is CCCCCCCCCCCCNC(=O)[C@@H](NC(=O)CCCCC[N+](C)(C)CCC(C)S(=O)(=O)[O-])[C@@H](C)CC. The summed E-state index contributed by atoms with van der Waals surface area (Å²) in [5, 5.41) is 5.14. The Morgan fingerprint density at radius 1 is 0.795 bits per heavy atom. The number of carbonyl (C=O) groups is 2. The fraction of sp³-hybridized carbons (Fsp3) is 0.933. The van der Waals surface area contributed by atoms with E-state index in [1.165, 1.54) is 58.3 Å². The lowest BCUT2D eigenvalue weighted by Gasteiger charge is -2.31. The van der Waals surface area contributed by atoms with Crippen molar-refractivity contribution >= 4 is 21.9 Å². The van der Waals surface area contributed by atoms with Crippen LogP contribution >= 0.6 is 0 Å². The van der Waals surface area contributed by atoms with Crippen molar-refractivity contribution in [1.29, 1.82) is 0 Å². The second kappa shape index (κ2) is 21.5. The average molecular weight is 576 g/mol. The molecule has 2 N–H and O–H groups in total. The molecule has 0 aliphatic carbocycles. The van der Waals surface area contributed by atoms with Gasteiger partial charge in [-0.25, -0.2) is 8.42 Å². The van der Waals surface area contributed by atoms with Crippen LogP contribution in [0.1, 0.15) is 130 Å². The summed E-state index contributed by atoms with van der Waals surface area (Å²) in [4.78, 5) is 25.4. The van der Waals surface area contributed by atoms with E-state index in [1.807, 2.05) is 27.9 Å². The highest BCUT2D eigenvalue weighted by molar-refractivity contribution is 7.86. The minimum Gasteiger partial charge on any atom is -0.748 e. The maximum Gasteiger partial charge on any atom is 0.242 e. The second-order valence-electron chi connectivity index (χ2n) is 12.2. The van der Waals surface area contributed by atoms with Gasteiger partial charge in [-0.15, -0.1) is 0 Å². The van der Waals surface area contributed by atoms with Gasteiger partial charge in [0.25, 0.3) is 0 Å². The Bertz CT molecular complexity index is 758. The number of nitrogens with one attached hydrogen (secondary N) is 2. The van der Waals surface area contributed by atoms with Crippen LogP contribution in [0.25, 0.3) is 0 Å². The predicted molar refractivity (Wildman–Crippen MR) is 160 cm³/mol. The highest BCUT2D eigenvalue weighted by Crippen LogP contribution is 2.13. The summed E-state index contributed by atoms with van der Waals surface area (Å²) in [6.45, 7) is 9.87. The van der Waals surface area contributed by atoms with Gasteiger partial charge in [0.1, 0.15) is 6.04 Å². The van der Waals surface area contributed by atoms with Gasteiger partial charge < -0.3 is 19.7 Å². The molecule has 0 heterocycles. The van der Waals surface area contributed by atoms with E-state index in [0.717, 1.165) is 45.1 Å². The van der Waals surface area contributed by atoms with Crippen molar-refractivity contribution < 1.29 is 27.0 Å². The van der Waals surface area contributed by atoms with Crippen LogP contribution in [-0.4, -0.2) is 74.3 Å². The van der Waals surface area contributed by atoms with Gasteiger partial charge in [-0.3, -0.25) is 9.59 Å². The van der Waals surface area contributed by atoms with E-state index in [4.69, 9.17) is 0 Å². The molecule has 0 aliphatic heterocycles. The Kier molecular flexibility index (Phi) is 20.9. The molecule has 232 valence electrons. The molecule has 9 heteroatoms. The minimum atomic E-state index is -4.24. The van der Waals surface area contributed by atoms with E-state index in [1.54, 1.807) is 0 Å². The molecule has 0 aromatic heterocycles. The van der Waals surface area contributed by atoms with Crippen molar-refractivity contribution in [1.82, 2.24) is 10.6 Å². The zero-order valence-corrected chi connectivity index (χ0v) is 26.9. The van der Waals surface area contributed by atoms with Crippen molar-refractivity contribution in [3.05, 3.63) is 0 Å². The van der Waals surface area contributed by atoms with E-state index in [-0.39, 0.29) is 17.7 Å². The number of unbranched alkanes of at least 4 members (excludes halogenated alkanes) is 11. The molecule has 0 saturated heterocycles. The number of carbonyl (C=O) groups excluding carboxylic acids is 2.